The minimum atomic E-state index is -0.729. The molecule has 2 fully saturated rings. The number of nitrogens with zero attached hydrogens (tertiary/aromatic N) is 2. The van der Waals surface area contributed by atoms with Crippen molar-refractivity contribution in [3.05, 3.63) is 43.9 Å². The summed E-state index contributed by atoms with van der Waals surface area (Å²) < 4.78 is 0. The molecule has 1 aliphatic heterocycles. The first-order chi connectivity index (χ1) is 11.4. The summed E-state index contributed by atoms with van der Waals surface area (Å²) in [5, 5.41) is 11.4. The van der Waals surface area contributed by atoms with Gasteiger partial charge in [-0.2, -0.15) is 0 Å². The predicted molar refractivity (Wildman–Crippen MR) is 89.0 cm³/mol. The number of carbonyl (C=O) groups excluding carboxylic acids is 2. The molecule has 0 aromatic heterocycles. The van der Waals surface area contributed by atoms with Crippen LogP contribution in [0.25, 0.3) is 0 Å². The van der Waals surface area contributed by atoms with Crippen LogP contribution in [0, 0.1) is 22.0 Å². The van der Waals surface area contributed by atoms with Crippen molar-refractivity contribution in [2.45, 2.75) is 25.3 Å². The van der Waals surface area contributed by atoms with Gasteiger partial charge in [0.2, 0.25) is 11.9 Å². The largest absolute Gasteiger partial charge is 0.342 e. The van der Waals surface area contributed by atoms with Crippen LogP contribution in [-0.2, 0) is 4.79 Å². The van der Waals surface area contributed by atoms with Gasteiger partial charge in [0.15, 0.2) is 5.78 Å². The maximum atomic E-state index is 12.5. The number of halogens is 2. The second kappa shape index (κ2) is 6.69. The Kier molecular flexibility index (Phi) is 4.78. The summed E-state index contributed by atoms with van der Waals surface area (Å²) in [7, 11) is 0. The van der Waals surface area contributed by atoms with Crippen molar-refractivity contribution < 1.29 is 14.5 Å². The Bertz CT molecular complexity index is 701. The van der Waals surface area contributed by atoms with Gasteiger partial charge in [0.25, 0.3) is 0 Å². The minimum Gasteiger partial charge on any atom is -0.342 e. The van der Waals surface area contributed by atoms with Crippen LogP contribution in [0.3, 0.4) is 0 Å². The highest BCUT2D eigenvalue weighted by Crippen LogP contribution is 2.36. The highest BCUT2D eigenvalue weighted by molar-refractivity contribution is 6.42. The average Bonchev–Trinajstić information content (AvgIpc) is 3.37. The van der Waals surface area contributed by atoms with E-state index in [4.69, 9.17) is 23.2 Å². The molecule has 1 aliphatic carbocycles. The molecular weight excluding hydrogens is 355 g/mol. The number of benzene rings is 1. The van der Waals surface area contributed by atoms with Gasteiger partial charge in [-0.25, -0.2) is 0 Å². The van der Waals surface area contributed by atoms with E-state index in [9.17, 15) is 19.7 Å². The molecule has 24 heavy (non-hydrogen) atoms. The molecule has 0 spiro atoms. The van der Waals surface area contributed by atoms with Crippen LogP contribution in [0.2, 0.25) is 10.0 Å². The van der Waals surface area contributed by atoms with Gasteiger partial charge in [0, 0.05) is 35.9 Å². The lowest BCUT2D eigenvalue weighted by atomic mass is 9.88. The number of amides is 1. The van der Waals surface area contributed by atoms with Crippen molar-refractivity contribution in [2.75, 3.05) is 13.1 Å². The number of Topliss-reactive ketones (excluding diaryl/α,β-unsaturated/α-hetero) is 1. The average molecular weight is 371 g/mol. The highest BCUT2D eigenvalue weighted by Gasteiger charge is 2.54. The van der Waals surface area contributed by atoms with Crippen LogP contribution < -0.4 is 0 Å². The van der Waals surface area contributed by atoms with Crippen LogP contribution in [0.1, 0.15) is 29.6 Å². The zero-order valence-electron chi connectivity index (χ0n) is 12.8. The molecule has 0 unspecified atom stereocenters. The lowest BCUT2D eigenvalue weighted by Gasteiger charge is -2.31. The number of piperidine rings is 1. The fraction of sp³-hybridized carbons (Fsp3) is 0.500. The van der Waals surface area contributed by atoms with E-state index in [0.29, 0.717) is 48.0 Å². The Hall–Kier alpha value is -1.66. The standard InChI is InChI=1S/C16H16Cl2N2O4/c17-12-2-1-10(7-13(12)18)15(21)9-3-5-19(6-4-9)16(22)11-8-14(11)20(23)24/h1-2,7,9,11,14H,3-6,8H2/t11-,14-/m0/s1. The van der Waals surface area contributed by atoms with Crippen molar-refractivity contribution in [3.8, 4) is 0 Å². The van der Waals surface area contributed by atoms with Crippen LogP contribution in [-0.4, -0.2) is 40.6 Å². The summed E-state index contributed by atoms with van der Waals surface area (Å²) in [5.74, 6) is -0.813. The minimum absolute atomic E-state index is 0.00439. The molecule has 1 heterocycles. The van der Waals surface area contributed by atoms with Crippen molar-refractivity contribution in [1.29, 1.82) is 0 Å². The molecule has 128 valence electrons. The molecule has 2 aliphatic rings. The molecule has 6 nitrogen and oxygen atoms in total. The number of likely N-dealkylation sites (tertiary alicyclic amines) is 1. The second-order valence-electron chi connectivity index (χ2n) is 6.29. The van der Waals surface area contributed by atoms with Gasteiger partial charge in [-0.05, 0) is 31.0 Å². The third-order valence-corrected chi connectivity index (χ3v) is 5.47. The fourth-order valence-electron chi connectivity index (χ4n) is 3.16. The van der Waals surface area contributed by atoms with Crippen molar-refractivity contribution in [2.24, 2.45) is 11.8 Å². The Labute approximate surface area is 148 Å². The molecule has 1 saturated carbocycles. The Balaban J connectivity index is 1.57. The van der Waals surface area contributed by atoms with Gasteiger partial charge in [0.05, 0.1) is 10.0 Å². The van der Waals surface area contributed by atoms with Gasteiger partial charge >= 0.3 is 0 Å². The zero-order valence-corrected chi connectivity index (χ0v) is 14.3. The maximum Gasteiger partial charge on any atom is 0.232 e. The number of ketones is 1. The van der Waals surface area contributed by atoms with Gasteiger partial charge in [-0.15, -0.1) is 0 Å². The van der Waals surface area contributed by atoms with Crippen molar-refractivity contribution in [1.82, 2.24) is 4.90 Å². The summed E-state index contributed by atoms with van der Waals surface area (Å²) in [6, 6.07) is 4.09. The fourth-order valence-corrected chi connectivity index (χ4v) is 3.46. The quantitative estimate of drug-likeness (QED) is 0.463. The molecule has 1 saturated heterocycles. The smallest absolute Gasteiger partial charge is 0.232 e. The van der Waals surface area contributed by atoms with E-state index in [0.717, 1.165) is 0 Å². The van der Waals surface area contributed by atoms with Crippen molar-refractivity contribution in [3.63, 3.8) is 0 Å². The van der Waals surface area contributed by atoms with Gasteiger partial charge < -0.3 is 4.90 Å². The Morgan fingerprint density at radius 2 is 1.83 bits per heavy atom. The third-order valence-electron chi connectivity index (χ3n) is 4.73. The molecule has 0 radical (unpaired) electrons. The summed E-state index contributed by atoms with van der Waals surface area (Å²) in [4.78, 5) is 36.7. The Morgan fingerprint density at radius 3 is 2.38 bits per heavy atom. The number of hydrogen-bond acceptors (Lipinski definition) is 4. The summed E-state index contributed by atoms with van der Waals surface area (Å²) in [5.41, 5.74) is 0.518. The van der Waals surface area contributed by atoms with Gasteiger partial charge in [0.1, 0.15) is 5.92 Å². The molecule has 1 amide bonds. The number of nitro groups is 1. The maximum absolute atomic E-state index is 12.5. The molecule has 1 aromatic rings. The van der Waals surface area contributed by atoms with E-state index < -0.39 is 12.0 Å². The summed E-state index contributed by atoms with van der Waals surface area (Å²) in [6.07, 6.45) is 1.44. The van der Waals surface area contributed by atoms with E-state index in [2.05, 4.69) is 0 Å². The lowest BCUT2D eigenvalue weighted by Crippen LogP contribution is -2.41. The van der Waals surface area contributed by atoms with E-state index in [1.54, 1.807) is 23.1 Å². The first kappa shape index (κ1) is 17.2. The van der Waals surface area contributed by atoms with Crippen LogP contribution >= 0.6 is 23.2 Å². The molecule has 0 N–H and O–H groups in total. The first-order valence-corrected chi connectivity index (χ1v) is 8.55. The van der Waals surface area contributed by atoms with Crippen LogP contribution in [0.5, 0.6) is 0 Å². The van der Waals surface area contributed by atoms with E-state index >= 15 is 0 Å². The molecular formula is C16H16Cl2N2O4. The molecule has 2 atom stereocenters. The topological polar surface area (TPSA) is 80.5 Å². The second-order valence-corrected chi connectivity index (χ2v) is 7.10. The third kappa shape index (κ3) is 3.39. The highest BCUT2D eigenvalue weighted by atomic mass is 35.5. The SMILES string of the molecule is O=C(c1ccc(Cl)c(Cl)c1)C1CCN(C(=O)[C@H]2C[C@@H]2[N+](=O)[O-])CC1. The number of hydrogen-bond donors (Lipinski definition) is 0. The molecule has 1 aromatic carbocycles. The lowest BCUT2D eigenvalue weighted by molar-refractivity contribution is -0.497. The van der Waals surface area contributed by atoms with Crippen molar-refractivity contribution >= 4 is 34.9 Å². The van der Waals surface area contributed by atoms with E-state index in [1.807, 2.05) is 0 Å². The zero-order chi connectivity index (χ0) is 17.4. The molecule has 0 bridgehead atoms. The van der Waals surface area contributed by atoms with Gasteiger partial charge in [-0.3, -0.25) is 19.7 Å². The summed E-state index contributed by atoms with van der Waals surface area (Å²) >= 11 is 11.8. The van der Waals surface area contributed by atoms with E-state index in [1.165, 1.54) is 0 Å². The molecule has 3 rings (SSSR count). The number of carbonyl (C=O) groups is 2. The Morgan fingerprint density at radius 1 is 1.17 bits per heavy atom. The van der Waals surface area contributed by atoms with Gasteiger partial charge in [-0.1, -0.05) is 23.2 Å². The number of rotatable bonds is 4. The van der Waals surface area contributed by atoms with E-state index in [-0.39, 0.29) is 22.5 Å². The summed E-state index contributed by atoms with van der Waals surface area (Å²) in [6.45, 7) is 0.912. The first-order valence-electron chi connectivity index (χ1n) is 7.80. The monoisotopic (exact) mass is 370 g/mol. The normalized spacial score (nSPS) is 23.8. The van der Waals surface area contributed by atoms with Crippen LogP contribution in [0.15, 0.2) is 18.2 Å². The predicted octanol–water partition coefficient (Wildman–Crippen LogP) is 3.08. The van der Waals surface area contributed by atoms with Crippen LogP contribution in [0.4, 0.5) is 0 Å². The molecule has 8 heteroatoms.